The number of ether oxygens (including phenoxy) is 1. The molecule has 2 fully saturated rings. The SMILES string of the molecule is COc1ccc(N2CC(=O)N3CCCC3C2=O)cc1Br. The second kappa shape index (κ2) is 5.09. The second-order valence-electron chi connectivity index (χ2n) is 4.99. The third-order valence-electron chi connectivity index (χ3n) is 3.86. The number of methoxy groups -OCH3 is 1. The number of hydrogen-bond donors (Lipinski definition) is 0. The fraction of sp³-hybridized carbons (Fsp3) is 0.429. The van der Waals surface area contributed by atoms with Crippen molar-refractivity contribution in [3.63, 3.8) is 0 Å². The van der Waals surface area contributed by atoms with Crippen LogP contribution < -0.4 is 9.64 Å². The molecule has 0 N–H and O–H groups in total. The minimum Gasteiger partial charge on any atom is -0.496 e. The van der Waals surface area contributed by atoms with Crippen LogP contribution in [0.25, 0.3) is 0 Å². The molecule has 2 amide bonds. The minimum atomic E-state index is -0.280. The molecule has 2 heterocycles. The Morgan fingerprint density at radius 3 is 2.85 bits per heavy atom. The van der Waals surface area contributed by atoms with E-state index in [1.807, 2.05) is 6.07 Å². The molecule has 0 bridgehead atoms. The Bertz CT molecular complexity index is 576. The summed E-state index contributed by atoms with van der Waals surface area (Å²) in [5.41, 5.74) is 0.725. The molecule has 0 aliphatic carbocycles. The number of benzene rings is 1. The Labute approximate surface area is 125 Å². The van der Waals surface area contributed by atoms with Crippen LogP contribution in [0.4, 0.5) is 5.69 Å². The third-order valence-corrected chi connectivity index (χ3v) is 4.48. The zero-order chi connectivity index (χ0) is 14.3. The lowest BCUT2D eigenvalue weighted by Crippen LogP contribution is -2.57. The number of hydrogen-bond acceptors (Lipinski definition) is 3. The summed E-state index contributed by atoms with van der Waals surface area (Å²) in [6.45, 7) is 0.823. The third kappa shape index (κ3) is 2.08. The lowest BCUT2D eigenvalue weighted by Gasteiger charge is -2.36. The smallest absolute Gasteiger partial charge is 0.250 e. The molecule has 5 nitrogen and oxygen atoms in total. The maximum Gasteiger partial charge on any atom is 0.250 e. The highest BCUT2D eigenvalue weighted by atomic mass is 79.9. The minimum absolute atomic E-state index is 0.0131. The van der Waals surface area contributed by atoms with Crippen LogP contribution >= 0.6 is 15.9 Å². The highest BCUT2D eigenvalue weighted by Gasteiger charge is 2.42. The maximum absolute atomic E-state index is 12.5. The van der Waals surface area contributed by atoms with Gasteiger partial charge in [0.05, 0.1) is 11.6 Å². The molecule has 2 aliphatic heterocycles. The Morgan fingerprint density at radius 1 is 1.35 bits per heavy atom. The van der Waals surface area contributed by atoms with Crippen molar-refractivity contribution in [1.29, 1.82) is 0 Å². The van der Waals surface area contributed by atoms with Crippen LogP contribution in [0.1, 0.15) is 12.8 Å². The molecule has 6 heteroatoms. The van der Waals surface area contributed by atoms with E-state index in [0.29, 0.717) is 12.3 Å². The predicted molar refractivity (Wildman–Crippen MR) is 77.8 cm³/mol. The molecule has 0 spiro atoms. The monoisotopic (exact) mass is 338 g/mol. The number of rotatable bonds is 2. The molecule has 2 saturated heterocycles. The van der Waals surface area contributed by atoms with Crippen molar-refractivity contribution in [3.8, 4) is 5.75 Å². The summed E-state index contributed by atoms with van der Waals surface area (Å²) < 4.78 is 5.95. The molecular formula is C14H15BrN2O3. The molecule has 1 aromatic carbocycles. The quantitative estimate of drug-likeness (QED) is 0.826. The molecule has 0 saturated carbocycles. The van der Waals surface area contributed by atoms with E-state index in [1.165, 1.54) is 0 Å². The van der Waals surface area contributed by atoms with Gasteiger partial charge in [0.2, 0.25) is 11.8 Å². The van der Waals surface area contributed by atoms with Crippen molar-refractivity contribution in [3.05, 3.63) is 22.7 Å². The van der Waals surface area contributed by atoms with E-state index in [1.54, 1.807) is 29.0 Å². The summed E-state index contributed by atoms with van der Waals surface area (Å²) >= 11 is 3.41. The first-order valence-electron chi connectivity index (χ1n) is 6.56. The van der Waals surface area contributed by atoms with Crippen LogP contribution in [0, 0.1) is 0 Å². The van der Waals surface area contributed by atoms with E-state index in [2.05, 4.69) is 15.9 Å². The van der Waals surface area contributed by atoms with Gasteiger partial charge in [-0.2, -0.15) is 0 Å². The van der Waals surface area contributed by atoms with Crippen molar-refractivity contribution >= 4 is 33.4 Å². The van der Waals surface area contributed by atoms with Gasteiger partial charge in [0.15, 0.2) is 0 Å². The average Bonchev–Trinajstić information content (AvgIpc) is 2.93. The normalized spacial score (nSPS) is 22.2. The lowest BCUT2D eigenvalue weighted by molar-refractivity contribution is -0.140. The molecule has 2 aliphatic rings. The van der Waals surface area contributed by atoms with Crippen LogP contribution in [0.3, 0.4) is 0 Å². The van der Waals surface area contributed by atoms with E-state index < -0.39 is 0 Å². The number of piperazine rings is 1. The summed E-state index contributed by atoms with van der Waals surface area (Å²) in [6.07, 6.45) is 1.67. The summed E-state index contributed by atoms with van der Waals surface area (Å²) in [5, 5.41) is 0. The molecule has 1 atom stereocenters. The molecule has 1 aromatic rings. The molecule has 106 valence electrons. The van der Waals surface area contributed by atoms with Gasteiger partial charge in [-0.1, -0.05) is 0 Å². The summed E-state index contributed by atoms with van der Waals surface area (Å²) in [7, 11) is 1.59. The van der Waals surface area contributed by atoms with E-state index in [-0.39, 0.29) is 24.4 Å². The number of carbonyl (C=O) groups excluding carboxylic acids is 2. The Hall–Kier alpha value is -1.56. The van der Waals surface area contributed by atoms with E-state index in [0.717, 1.165) is 23.0 Å². The number of anilines is 1. The number of nitrogens with zero attached hydrogens (tertiary/aromatic N) is 2. The first-order chi connectivity index (χ1) is 9.61. The first kappa shape index (κ1) is 13.4. The molecular weight excluding hydrogens is 324 g/mol. The van der Waals surface area contributed by atoms with E-state index >= 15 is 0 Å². The molecule has 0 radical (unpaired) electrons. The fourth-order valence-electron chi connectivity index (χ4n) is 2.85. The van der Waals surface area contributed by atoms with Gasteiger partial charge >= 0.3 is 0 Å². The molecule has 20 heavy (non-hydrogen) atoms. The van der Waals surface area contributed by atoms with Gasteiger partial charge in [-0.05, 0) is 47.0 Å². The van der Waals surface area contributed by atoms with Crippen molar-refractivity contribution in [1.82, 2.24) is 4.90 Å². The van der Waals surface area contributed by atoms with Crippen LogP contribution in [0.15, 0.2) is 22.7 Å². The Balaban J connectivity index is 1.91. The van der Waals surface area contributed by atoms with Crippen molar-refractivity contribution in [2.45, 2.75) is 18.9 Å². The van der Waals surface area contributed by atoms with E-state index in [9.17, 15) is 9.59 Å². The van der Waals surface area contributed by atoms with Crippen molar-refractivity contribution in [2.24, 2.45) is 0 Å². The van der Waals surface area contributed by atoms with Gasteiger partial charge in [0, 0.05) is 12.2 Å². The summed E-state index contributed by atoms with van der Waals surface area (Å²) in [5.74, 6) is 0.741. The zero-order valence-electron chi connectivity index (χ0n) is 11.1. The Morgan fingerprint density at radius 2 is 2.15 bits per heavy atom. The van der Waals surface area contributed by atoms with Gasteiger partial charge in [0.25, 0.3) is 0 Å². The lowest BCUT2D eigenvalue weighted by atomic mass is 10.1. The van der Waals surface area contributed by atoms with Crippen LogP contribution in [0.5, 0.6) is 5.75 Å². The first-order valence-corrected chi connectivity index (χ1v) is 7.35. The number of carbonyl (C=O) groups is 2. The number of amides is 2. The molecule has 1 unspecified atom stereocenters. The summed E-state index contributed by atoms with van der Waals surface area (Å²) in [4.78, 5) is 27.9. The largest absolute Gasteiger partial charge is 0.496 e. The number of halogens is 1. The fourth-order valence-corrected chi connectivity index (χ4v) is 3.38. The molecule has 0 aromatic heterocycles. The zero-order valence-corrected chi connectivity index (χ0v) is 12.7. The average molecular weight is 339 g/mol. The summed E-state index contributed by atoms with van der Waals surface area (Å²) in [6, 6.07) is 5.13. The van der Waals surface area contributed by atoms with Crippen LogP contribution in [-0.4, -0.2) is 43.0 Å². The van der Waals surface area contributed by atoms with Gasteiger partial charge in [-0.15, -0.1) is 0 Å². The van der Waals surface area contributed by atoms with Crippen molar-refractivity contribution < 1.29 is 14.3 Å². The standard InChI is InChI=1S/C14H15BrN2O3/c1-20-12-5-4-9(7-10(12)15)17-8-13(18)16-6-2-3-11(16)14(17)19/h4-5,7,11H,2-3,6,8H2,1H3. The molecule has 3 rings (SSSR count). The highest BCUT2D eigenvalue weighted by molar-refractivity contribution is 9.10. The van der Waals surface area contributed by atoms with Crippen molar-refractivity contribution in [2.75, 3.05) is 25.1 Å². The van der Waals surface area contributed by atoms with Crippen LogP contribution in [-0.2, 0) is 9.59 Å². The second-order valence-corrected chi connectivity index (χ2v) is 5.84. The highest BCUT2D eigenvalue weighted by Crippen LogP contribution is 2.32. The van der Waals surface area contributed by atoms with Gasteiger partial charge in [-0.3, -0.25) is 9.59 Å². The van der Waals surface area contributed by atoms with E-state index in [4.69, 9.17) is 4.74 Å². The predicted octanol–water partition coefficient (Wildman–Crippen LogP) is 1.80. The van der Waals surface area contributed by atoms with Gasteiger partial charge < -0.3 is 14.5 Å². The van der Waals surface area contributed by atoms with Gasteiger partial charge in [-0.25, -0.2) is 0 Å². The maximum atomic E-state index is 12.5. The van der Waals surface area contributed by atoms with Crippen LogP contribution in [0.2, 0.25) is 0 Å². The number of fused-ring (bicyclic) bond motifs is 1. The van der Waals surface area contributed by atoms with Gasteiger partial charge in [0.1, 0.15) is 18.3 Å². The Kier molecular flexibility index (Phi) is 3.41. The topological polar surface area (TPSA) is 49.9 Å².